The second kappa shape index (κ2) is 6.23. The van der Waals surface area contributed by atoms with Crippen molar-refractivity contribution >= 4 is 15.8 Å². The molecule has 118 valence electrons. The van der Waals surface area contributed by atoms with Crippen LogP contribution in [0.5, 0.6) is 0 Å². The number of aryl methyl sites for hydroxylation is 1. The number of nitrogens with one attached hydrogen (secondary N) is 1. The summed E-state index contributed by atoms with van der Waals surface area (Å²) in [5, 5.41) is -0.542. The lowest BCUT2D eigenvalue weighted by atomic mass is 10.3. The highest BCUT2D eigenvalue weighted by molar-refractivity contribution is 7.90. The van der Waals surface area contributed by atoms with Gasteiger partial charge in [0.15, 0.2) is 11.6 Å². The summed E-state index contributed by atoms with van der Waals surface area (Å²) in [4.78, 5) is 9.54. The first-order chi connectivity index (χ1) is 9.85. The van der Waals surface area contributed by atoms with E-state index >= 15 is 0 Å². The van der Waals surface area contributed by atoms with Gasteiger partial charge in [-0.3, -0.25) is 0 Å². The lowest BCUT2D eigenvalue weighted by Gasteiger charge is -2.19. The summed E-state index contributed by atoms with van der Waals surface area (Å²) in [5.41, 5.74) is 0.353. The second-order valence-corrected chi connectivity index (χ2v) is 7.48. The Hall–Kier alpha value is -1.28. The van der Waals surface area contributed by atoms with E-state index in [1.54, 1.807) is 18.7 Å². The molecule has 0 amide bonds. The van der Waals surface area contributed by atoms with E-state index in [0.29, 0.717) is 25.1 Å². The summed E-state index contributed by atoms with van der Waals surface area (Å²) in [6.07, 6.45) is 2.27. The first-order valence-electron chi connectivity index (χ1n) is 7.10. The van der Waals surface area contributed by atoms with Gasteiger partial charge in [0.1, 0.15) is 6.33 Å². The van der Waals surface area contributed by atoms with E-state index in [4.69, 9.17) is 0 Å². The molecule has 0 aromatic carbocycles. The summed E-state index contributed by atoms with van der Waals surface area (Å²) in [7, 11) is -3.39. The zero-order chi connectivity index (χ0) is 15.6. The standard InChI is InChI=1S/C13H21FN4O2S/c1-4-11-12(14)13(16-8-15-11)18-6-5-10(7-18)21(19,20)17-9(2)3/h8-10,17H,4-7H2,1-3H3. The molecular formula is C13H21FN4O2S. The zero-order valence-corrected chi connectivity index (χ0v) is 13.3. The lowest BCUT2D eigenvalue weighted by molar-refractivity contribution is 0.556. The van der Waals surface area contributed by atoms with Crippen molar-refractivity contribution in [2.45, 2.75) is 44.9 Å². The van der Waals surface area contributed by atoms with E-state index in [9.17, 15) is 12.8 Å². The monoisotopic (exact) mass is 316 g/mol. The van der Waals surface area contributed by atoms with E-state index < -0.39 is 21.1 Å². The Morgan fingerprint density at radius 1 is 1.48 bits per heavy atom. The molecule has 0 saturated carbocycles. The summed E-state index contributed by atoms with van der Waals surface area (Å²) in [6.45, 7) is 6.10. The molecule has 0 aliphatic carbocycles. The van der Waals surface area contributed by atoms with E-state index in [1.807, 2.05) is 6.92 Å². The number of aromatic nitrogens is 2. The van der Waals surface area contributed by atoms with Crippen LogP contribution < -0.4 is 9.62 Å². The molecule has 0 bridgehead atoms. The van der Waals surface area contributed by atoms with E-state index in [0.717, 1.165) is 0 Å². The topological polar surface area (TPSA) is 75.2 Å². The number of nitrogens with zero attached hydrogens (tertiary/aromatic N) is 3. The van der Waals surface area contributed by atoms with Crippen molar-refractivity contribution in [3.05, 3.63) is 17.8 Å². The highest BCUT2D eigenvalue weighted by Gasteiger charge is 2.35. The molecule has 1 saturated heterocycles. The molecule has 1 fully saturated rings. The Labute approximate surface area is 124 Å². The van der Waals surface area contributed by atoms with Crippen LogP contribution >= 0.6 is 0 Å². The van der Waals surface area contributed by atoms with E-state index in [-0.39, 0.29) is 18.4 Å². The quantitative estimate of drug-likeness (QED) is 0.880. The first-order valence-corrected chi connectivity index (χ1v) is 8.65. The molecule has 0 radical (unpaired) electrons. The molecule has 1 aromatic rings. The van der Waals surface area contributed by atoms with Crippen molar-refractivity contribution in [2.24, 2.45) is 0 Å². The van der Waals surface area contributed by atoms with Crippen LogP contribution in [0.25, 0.3) is 0 Å². The third-order valence-electron chi connectivity index (χ3n) is 3.46. The highest BCUT2D eigenvalue weighted by atomic mass is 32.2. The number of hydrogen-bond acceptors (Lipinski definition) is 5. The van der Waals surface area contributed by atoms with Gasteiger partial charge in [-0.2, -0.15) is 0 Å². The Kier molecular flexibility index (Phi) is 4.77. The average Bonchev–Trinajstić information content (AvgIpc) is 2.87. The molecule has 1 aromatic heterocycles. The van der Waals surface area contributed by atoms with Crippen molar-refractivity contribution in [1.82, 2.24) is 14.7 Å². The maximum atomic E-state index is 14.2. The van der Waals surface area contributed by atoms with Crippen LogP contribution in [0.4, 0.5) is 10.2 Å². The summed E-state index contributed by atoms with van der Waals surface area (Å²) < 4.78 is 41.1. The van der Waals surface area contributed by atoms with Crippen molar-refractivity contribution in [2.75, 3.05) is 18.0 Å². The van der Waals surface area contributed by atoms with Crippen LogP contribution in [0.3, 0.4) is 0 Å². The third kappa shape index (κ3) is 3.49. The summed E-state index contributed by atoms with van der Waals surface area (Å²) in [6, 6.07) is -0.147. The van der Waals surface area contributed by atoms with Crippen LogP contribution in [0.2, 0.25) is 0 Å². The van der Waals surface area contributed by atoms with Crippen molar-refractivity contribution in [1.29, 1.82) is 0 Å². The van der Waals surface area contributed by atoms with E-state index in [1.165, 1.54) is 6.33 Å². The fourth-order valence-electron chi connectivity index (χ4n) is 2.46. The zero-order valence-electron chi connectivity index (χ0n) is 12.5. The van der Waals surface area contributed by atoms with Crippen LogP contribution in [0, 0.1) is 5.82 Å². The fraction of sp³-hybridized carbons (Fsp3) is 0.692. The minimum Gasteiger partial charge on any atom is -0.353 e. The summed E-state index contributed by atoms with van der Waals surface area (Å²) >= 11 is 0. The van der Waals surface area contributed by atoms with E-state index in [2.05, 4.69) is 14.7 Å². The molecule has 0 spiro atoms. The van der Waals surface area contributed by atoms with Gasteiger partial charge in [-0.15, -0.1) is 0 Å². The second-order valence-electron chi connectivity index (χ2n) is 5.49. The minimum absolute atomic E-state index is 0.147. The molecule has 1 atom stereocenters. The van der Waals surface area contributed by atoms with Crippen LogP contribution in [-0.2, 0) is 16.4 Å². The van der Waals surface area contributed by atoms with Gasteiger partial charge in [0.05, 0.1) is 10.9 Å². The fourth-order valence-corrected chi connectivity index (χ4v) is 4.10. The van der Waals surface area contributed by atoms with Crippen LogP contribution in [0.15, 0.2) is 6.33 Å². The molecule has 1 unspecified atom stereocenters. The number of halogens is 1. The Morgan fingerprint density at radius 2 is 2.19 bits per heavy atom. The predicted molar refractivity (Wildman–Crippen MR) is 79.2 cm³/mol. The Balaban J connectivity index is 2.16. The van der Waals surface area contributed by atoms with Crippen molar-refractivity contribution < 1.29 is 12.8 Å². The number of sulfonamides is 1. The lowest BCUT2D eigenvalue weighted by Crippen LogP contribution is -2.40. The number of hydrogen-bond donors (Lipinski definition) is 1. The molecule has 2 rings (SSSR count). The van der Waals surface area contributed by atoms with Gasteiger partial charge in [-0.25, -0.2) is 27.5 Å². The molecule has 21 heavy (non-hydrogen) atoms. The number of anilines is 1. The molecule has 2 heterocycles. The van der Waals surface area contributed by atoms with Gasteiger partial charge in [0.2, 0.25) is 10.0 Å². The maximum absolute atomic E-state index is 14.2. The molecule has 1 N–H and O–H groups in total. The SMILES string of the molecule is CCc1ncnc(N2CCC(S(=O)(=O)NC(C)C)C2)c1F. The molecular weight excluding hydrogens is 295 g/mol. The van der Waals surface area contributed by atoms with Gasteiger partial charge < -0.3 is 4.90 Å². The van der Waals surface area contributed by atoms with Crippen LogP contribution in [-0.4, -0.2) is 42.8 Å². The van der Waals surface area contributed by atoms with Crippen molar-refractivity contribution in [3.63, 3.8) is 0 Å². The van der Waals surface area contributed by atoms with Gasteiger partial charge in [-0.05, 0) is 26.7 Å². The van der Waals surface area contributed by atoms with Gasteiger partial charge in [-0.1, -0.05) is 6.92 Å². The van der Waals surface area contributed by atoms with Gasteiger partial charge >= 0.3 is 0 Å². The predicted octanol–water partition coefficient (Wildman–Crippen LogP) is 1.08. The Bertz CT molecular complexity index is 606. The molecule has 8 heteroatoms. The summed E-state index contributed by atoms with van der Waals surface area (Å²) in [5.74, 6) is -0.251. The van der Waals surface area contributed by atoms with Gasteiger partial charge in [0, 0.05) is 19.1 Å². The Morgan fingerprint density at radius 3 is 2.81 bits per heavy atom. The number of rotatable bonds is 5. The maximum Gasteiger partial charge on any atom is 0.216 e. The molecule has 1 aliphatic rings. The molecule has 6 nitrogen and oxygen atoms in total. The molecule has 1 aliphatic heterocycles. The third-order valence-corrected chi connectivity index (χ3v) is 5.52. The van der Waals surface area contributed by atoms with Crippen LogP contribution in [0.1, 0.15) is 32.9 Å². The average molecular weight is 316 g/mol. The highest BCUT2D eigenvalue weighted by Crippen LogP contribution is 2.25. The normalized spacial score (nSPS) is 19.5. The van der Waals surface area contributed by atoms with Gasteiger partial charge in [0.25, 0.3) is 0 Å². The van der Waals surface area contributed by atoms with Crippen molar-refractivity contribution in [3.8, 4) is 0 Å². The minimum atomic E-state index is -3.39. The smallest absolute Gasteiger partial charge is 0.216 e. The first kappa shape index (κ1) is 16.1. The largest absolute Gasteiger partial charge is 0.353 e.